The van der Waals surface area contributed by atoms with Gasteiger partial charge in [-0.2, -0.15) is 0 Å². The highest BCUT2D eigenvalue weighted by molar-refractivity contribution is 5.66. The van der Waals surface area contributed by atoms with Gasteiger partial charge in [0.05, 0.1) is 0 Å². The number of hydrogen-bond donors (Lipinski definition) is 2. The van der Waals surface area contributed by atoms with E-state index >= 15 is 0 Å². The van der Waals surface area contributed by atoms with Crippen molar-refractivity contribution in [2.24, 2.45) is 0 Å². The van der Waals surface area contributed by atoms with E-state index < -0.39 is 11.9 Å². The molecular weight excluding hydrogens is 268 g/mol. The van der Waals surface area contributed by atoms with Crippen LogP contribution in [0.3, 0.4) is 0 Å². The Morgan fingerprint density at radius 2 is 0.905 bits per heavy atom. The molecule has 21 heavy (non-hydrogen) atoms. The molecule has 0 spiro atoms. The van der Waals surface area contributed by atoms with E-state index in [-0.39, 0.29) is 0 Å². The molecule has 0 atom stereocenters. The molecule has 2 N–H and O–H groups in total. The fourth-order valence-corrected chi connectivity index (χ4v) is 2.20. The van der Waals surface area contributed by atoms with E-state index in [0.717, 1.165) is 57.8 Å². The monoisotopic (exact) mass is 298 g/mol. The first kappa shape index (κ1) is 19.7. The topological polar surface area (TPSA) is 74.6 Å². The van der Waals surface area contributed by atoms with Crippen molar-refractivity contribution in [1.82, 2.24) is 0 Å². The van der Waals surface area contributed by atoms with E-state index in [0.29, 0.717) is 12.8 Å². The molecule has 0 saturated heterocycles. The van der Waals surface area contributed by atoms with Crippen LogP contribution in [0.15, 0.2) is 12.2 Å². The largest absolute Gasteiger partial charge is 0.481 e. The van der Waals surface area contributed by atoms with Crippen LogP contribution in [0.1, 0.15) is 83.5 Å². The Morgan fingerprint density at radius 3 is 1.29 bits per heavy atom. The van der Waals surface area contributed by atoms with Crippen molar-refractivity contribution in [2.75, 3.05) is 0 Å². The standard InChI is InChI=1S/C17H30O4/c18-16(19)14-12-10-8-6-4-2-1-3-5-7-9-11-13-15-17(20)21/h1-2H,3-15H2,(H,18,19)(H,20,21)/b2-1-. The second-order valence-corrected chi connectivity index (χ2v) is 5.52. The van der Waals surface area contributed by atoms with Crippen LogP contribution in [0.5, 0.6) is 0 Å². The van der Waals surface area contributed by atoms with E-state index in [1.165, 1.54) is 12.8 Å². The zero-order valence-electron chi connectivity index (χ0n) is 13.1. The second-order valence-electron chi connectivity index (χ2n) is 5.52. The molecule has 4 nitrogen and oxygen atoms in total. The first-order chi connectivity index (χ1) is 10.1. The molecule has 4 heteroatoms. The van der Waals surface area contributed by atoms with Gasteiger partial charge in [0.25, 0.3) is 0 Å². The number of aliphatic carboxylic acids is 2. The minimum Gasteiger partial charge on any atom is -0.481 e. The first-order valence-corrected chi connectivity index (χ1v) is 8.21. The van der Waals surface area contributed by atoms with Crippen LogP contribution >= 0.6 is 0 Å². The van der Waals surface area contributed by atoms with Gasteiger partial charge in [-0.3, -0.25) is 9.59 Å². The summed E-state index contributed by atoms with van der Waals surface area (Å²) in [6.45, 7) is 0. The summed E-state index contributed by atoms with van der Waals surface area (Å²) in [5.41, 5.74) is 0. The van der Waals surface area contributed by atoms with Gasteiger partial charge in [0.2, 0.25) is 0 Å². The van der Waals surface area contributed by atoms with E-state index in [1.807, 2.05) is 0 Å². The van der Waals surface area contributed by atoms with Crippen molar-refractivity contribution in [3.63, 3.8) is 0 Å². The number of unbranched alkanes of at least 4 members (excludes halogenated alkanes) is 9. The minimum absolute atomic E-state index is 0.294. The molecule has 0 radical (unpaired) electrons. The van der Waals surface area contributed by atoms with Crippen molar-refractivity contribution >= 4 is 11.9 Å². The smallest absolute Gasteiger partial charge is 0.303 e. The van der Waals surface area contributed by atoms with Crippen molar-refractivity contribution in [2.45, 2.75) is 83.5 Å². The van der Waals surface area contributed by atoms with Crippen LogP contribution in [0.4, 0.5) is 0 Å². The summed E-state index contributed by atoms with van der Waals surface area (Å²) in [6, 6.07) is 0. The van der Waals surface area contributed by atoms with Gasteiger partial charge in [-0.15, -0.1) is 0 Å². The van der Waals surface area contributed by atoms with Gasteiger partial charge in [0.1, 0.15) is 0 Å². The summed E-state index contributed by atoms with van der Waals surface area (Å²) in [5.74, 6) is -1.39. The van der Waals surface area contributed by atoms with Gasteiger partial charge < -0.3 is 10.2 Å². The van der Waals surface area contributed by atoms with Crippen molar-refractivity contribution < 1.29 is 19.8 Å². The molecule has 0 aromatic carbocycles. The summed E-state index contributed by atoms with van der Waals surface area (Å²) in [7, 11) is 0. The number of carbonyl (C=O) groups is 2. The molecule has 0 bridgehead atoms. The number of hydrogen-bond acceptors (Lipinski definition) is 2. The third kappa shape index (κ3) is 18.7. The van der Waals surface area contributed by atoms with Crippen LogP contribution in [0, 0.1) is 0 Å². The van der Waals surface area contributed by atoms with E-state index in [2.05, 4.69) is 12.2 Å². The van der Waals surface area contributed by atoms with Crippen LogP contribution < -0.4 is 0 Å². The van der Waals surface area contributed by atoms with E-state index in [4.69, 9.17) is 10.2 Å². The lowest BCUT2D eigenvalue weighted by Gasteiger charge is -1.99. The lowest BCUT2D eigenvalue weighted by molar-refractivity contribution is -0.138. The van der Waals surface area contributed by atoms with Crippen LogP contribution in [-0.4, -0.2) is 22.2 Å². The molecule has 0 aromatic rings. The minimum atomic E-state index is -0.696. The average Bonchev–Trinajstić information content (AvgIpc) is 2.42. The molecule has 0 amide bonds. The SMILES string of the molecule is O=C(O)CCCCCC/C=C\CCCCCCCC(=O)O. The highest BCUT2D eigenvalue weighted by Gasteiger charge is 1.96. The Balaban J connectivity index is 3.12. The molecule has 0 fully saturated rings. The average molecular weight is 298 g/mol. The summed E-state index contributed by atoms with van der Waals surface area (Å²) < 4.78 is 0. The lowest BCUT2D eigenvalue weighted by atomic mass is 10.1. The highest BCUT2D eigenvalue weighted by atomic mass is 16.4. The maximum atomic E-state index is 10.3. The first-order valence-electron chi connectivity index (χ1n) is 8.21. The Kier molecular flexibility index (Phi) is 14.1. The Morgan fingerprint density at radius 1 is 0.571 bits per heavy atom. The molecule has 122 valence electrons. The summed E-state index contributed by atoms with van der Waals surface area (Å²) in [5, 5.41) is 17.0. The van der Waals surface area contributed by atoms with E-state index in [9.17, 15) is 9.59 Å². The molecule has 0 aromatic heterocycles. The number of allylic oxidation sites excluding steroid dienone is 2. The molecule has 0 rings (SSSR count). The number of rotatable bonds is 15. The molecular formula is C17H30O4. The predicted molar refractivity (Wildman–Crippen MR) is 84.4 cm³/mol. The second kappa shape index (κ2) is 15.1. The van der Waals surface area contributed by atoms with E-state index in [1.54, 1.807) is 0 Å². The zero-order chi connectivity index (χ0) is 15.8. The maximum Gasteiger partial charge on any atom is 0.303 e. The zero-order valence-corrected chi connectivity index (χ0v) is 13.1. The van der Waals surface area contributed by atoms with Crippen molar-refractivity contribution in [3.05, 3.63) is 12.2 Å². The summed E-state index contributed by atoms with van der Waals surface area (Å²) >= 11 is 0. The Hall–Kier alpha value is -1.32. The molecule has 0 unspecified atom stereocenters. The molecule has 0 aliphatic rings. The maximum absolute atomic E-state index is 10.3. The van der Waals surface area contributed by atoms with Gasteiger partial charge in [-0.1, -0.05) is 44.3 Å². The summed E-state index contributed by atoms with van der Waals surface area (Å²) in [4.78, 5) is 20.6. The number of carboxylic acid groups (broad SMARTS) is 2. The Labute approximate surface area is 128 Å². The van der Waals surface area contributed by atoms with Crippen LogP contribution in [0.2, 0.25) is 0 Å². The van der Waals surface area contributed by atoms with Crippen molar-refractivity contribution in [1.29, 1.82) is 0 Å². The van der Waals surface area contributed by atoms with Gasteiger partial charge in [0.15, 0.2) is 0 Å². The van der Waals surface area contributed by atoms with Crippen LogP contribution in [-0.2, 0) is 9.59 Å². The van der Waals surface area contributed by atoms with Crippen LogP contribution in [0.25, 0.3) is 0 Å². The van der Waals surface area contributed by atoms with Gasteiger partial charge >= 0.3 is 11.9 Å². The van der Waals surface area contributed by atoms with Gasteiger partial charge in [-0.05, 0) is 38.5 Å². The van der Waals surface area contributed by atoms with Crippen molar-refractivity contribution in [3.8, 4) is 0 Å². The molecule has 0 aliphatic carbocycles. The highest BCUT2D eigenvalue weighted by Crippen LogP contribution is 2.09. The third-order valence-electron chi connectivity index (χ3n) is 3.44. The molecule has 0 saturated carbocycles. The van der Waals surface area contributed by atoms with Gasteiger partial charge in [-0.25, -0.2) is 0 Å². The third-order valence-corrected chi connectivity index (χ3v) is 3.44. The fraction of sp³-hybridized carbons (Fsp3) is 0.765. The Bertz CT molecular complexity index is 297. The normalized spacial score (nSPS) is 11.0. The lowest BCUT2D eigenvalue weighted by Crippen LogP contribution is -1.93. The number of carboxylic acids is 2. The van der Waals surface area contributed by atoms with Gasteiger partial charge in [0, 0.05) is 12.8 Å². The fourth-order valence-electron chi connectivity index (χ4n) is 2.20. The molecule has 0 heterocycles. The quantitative estimate of drug-likeness (QED) is 0.337. The predicted octanol–water partition coefficient (Wildman–Crippen LogP) is 4.78. The summed E-state index contributed by atoms with van der Waals surface area (Å²) in [6.07, 6.45) is 16.6. The molecule has 0 aliphatic heterocycles.